The minimum Gasteiger partial charge on any atom is -0.462 e. The van der Waals surface area contributed by atoms with Crippen LogP contribution in [0.5, 0.6) is 0 Å². The molecule has 0 aliphatic heterocycles. The fourth-order valence-electron chi connectivity index (χ4n) is 10.5. The average Bonchev–Trinajstić information content (AvgIpc) is 3.54. The fraction of sp³-hybridized carbons (Fsp3) is 0.942. The van der Waals surface area contributed by atoms with E-state index >= 15 is 0 Å². The average molecular weight is 1300 g/mol. The second-order valence-corrected chi connectivity index (χ2v) is 28.3. The molecule has 0 bridgehead atoms. The molecule has 0 aliphatic carbocycles. The van der Waals surface area contributed by atoms with Crippen molar-refractivity contribution in [2.45, 2.75) is 374 Å². The van der Waals surface area contributed by atoms with Crippen molar-refractivity contribution in [1.29, 1.82) is 0 Å². The van der Waals surface area contributed by atoms with Crippen LogP contribution >= 0.6 is 15.6 Å². The Bertz CT molecular complexity index is 1700. The Hall–Kier alpha value is -1.94. The van der Waals surface area contributed by atoms with Gasteiger partial charge >= 0.3 is 39.5 Å². The summed E-state index contributed by atoms with van der Waals surface area (Å²) in [4.78, 5) is 72.0. The van der Waals surface area contributed by atoms with Gasteiger partial charge in [-0.1, -0.05) is 304 Å². The predicted octanol–water partition coefficient (Wildman–Crippen LogP) is 19.7. The molecule has 0 spiro atoms. The maximum atomic E-state index is 13.0. The molecular formula is C69H134O17P2. The molecule has 0 aliphatic rings. The van der Waals surface area contributed by atoms with Crippen molar-refractivity contribution in [1.82, 2.24) is 0 Å². The first kappa shape index (κ1) is 86.1. The van der Waals surface area contributed by atoms with E-state index in [0.717, 1.165) is 115 Å². The Morgan fingerprint density at radius 3 is 0.773 bits per heavy atom. The lowest BCUT2D eigenvalue weighted by molar-refractivity contribution is -0.161. The van der Waals surface area contributed by atoms with Gasteiger partial charge in [0.25, 0.3) is 0 Å². The molecular weight excluding hydrogens is 1160 g/mol. The molecule has 2 unspecified atom stereocenters. The summed E-state index contributed by atoms with van der Waals surface area (Å²) >= 11 is 0. The number of carbonyl (C=O) groups is 4. The quantitative estimate of drug-likeness (QED) is 0.0222. The number of phosphoric acid groups is 2. The molecule has 0 aromatic heterocycles. The lowest BCUT2D eigenvalue weighted by Gasteiger charge is -2.21. The van der Waals surface area contributed by atoms with Crippen LogP contribution in [-0.4, -0.2) is 96.7 Å². The summed E-state index contributed by atoms with van der Waals surface area (Å²) in [7, 11) is -9.88. The van der Waals surface area contributed by atoms with E-state index in [1.165, 1.54) is 161 Å². The zero-order chi connectivity index (χ0) is 64.9. The van der Waals surface area contributed by atoms with Crippen molar-refractivity contribution >= 4 is 39.5 Å². The van der Waals surface area contributed by atoms with Crippen LogP contribution in [0, 0.1) is 5.92 Å². The van der Waals surface area contributed by atoms with Crippen molar-refractivity contribution in [3.63, 3.8) is 0 Å². The van der Waals surface area contributed by atoms with Gasteiger partial charge in [-0.3, -0.25) is 37.3 Å². The minimum atomic E-state index is -4.95. The number of aliphatic hydroxyl groups excluding tert-OH is 1. The van der Waals surface area contributed by atoms with Crippen LogP contribution in [0.25, 0.3) is 0 Å². The number of rotatable bonds is 69. The van der Waals surface area contributed by atoms with Crippen LogP contribution in [-0.2, 0) is 65.4 Å². The maximum Gasteiger partial charge on any atom is 0.472 e. The van der Waals surface area contributed by atoms with Crippen LogP contribution < -0.4 is 0 Å². The van der Waals surface area contributed by atoms with E-state index in [1.807, 2.05) is 0 Å². The van der Waals surface area contributed by atoms with E-state index < -0.39 is 97.5 Å². The van der Waals surface area contributed by atoms with Gasteiger partial charge in [0.05, 0.1) is 26.4 Å². The first-order chi connectivity index (χ1) is 42.5. The largest absolute Gasteiger partial charge is 0.472 e. The van der Waals surface area contributed by atoms with Crippen molar-refractivity contribution in [3.05, 3.63) is 0 Å². The van der Waals surface area contributed by atoms with E-state index in [0.29, 0.717) is 25.7 Å². The molecule has 5 atom stereocenters. The zero-order valence-electron chi connectivity index (χ0n) is 56.9. The van der Waals surface area contributed by atoms with Gasteiger partial charge in [0.2, 0.25) is 0 Å². The third kappa shape index (κ3) is 62.8. The molecule has 522 valence electrons. The number of aliphatic hydroxyl groups is 1. The Labute approximate surface area is 537 Å². The molecule has 88 heavy (non-hydrogen) atoms. The summed E-state index contributed by atoms with van der Waals surface area (Å²) in [6, 6.07) is 0. The lowest BCUT2D eigenvalue weighted by atomic mass is 10.0. The number of hydrogen-bond donors (Lipinski definition) is 3. The van der Waals surface area contributed by atoms with Crippen molar-refractivity contribution in [2.24, 2.45) is 5.92 Å². The van der Waals surface area contributed by atoms with Crippen molar-refractivity contribution in [2.75, 3.05) is 39.6 Å². The minimum absolute atomic E-state index is 0.103. The number of esters is 4. The van der Waals surface area contributed by atoms with Gasteiger partial charge in [-0.05, 0) is 31.6 Å². The van der Waals surface area contributed by atoms with Crippen LogP contribution in [0.15, 0.2) is 0 Å². The molecule has 0 rings (SSSR count). The zero-order valence-corrected chi connectivity index (χ0v) is 58.6. The monoisotopic (exact) mass is 1300 g/mol. The fourth-order valence-corrected chi connectivity index (χ4v) is 12.0. The third-order valence-corrected chi connectivity index (χ3v) is 17.9. The molecule has 0 heterocycles. The standard InChI is InChI=1S/C69H134O17P2/c1-6-9-12-15-17-18-19-20-21-22-26-29-32-35-39-43-48-53-67(72)80-59-65(86-69(74)55-50-45-40-36-33-30-27-24-23-25-28-31-34-38-42-46-51-62(4)5)61-84-88(77,78)82-57-63(70)56-81-87(75,76)83-60-64(58-79-66(71)52-47-41-14-11-8-3)85-68(73)54-49-44-37-16-13-10-7-2/h62-65,70H,6-61H2,1-5H3,(H,75,76)(H,77,78)/t63-,64+,65+/m0/s1. The summed E-state index contributed by atoms with van der Waals surface area (Å²) in [6.45, 7) is 7.13. The van der Waals surface area contributed by atoms with Crippen molar-refractivity contribution < 1.29 is 80.2 Å². The highest BCUT2D eigenvalue weighted by Crippen LogP contribution is 2.45. The second kappa shape index (κ2) is 62.5. The van der Waals surface area contributed by atoms with E-state index in [2.05, 4.69) is 34.6 Å². The number of phosphoric ester groups is 2. The molecule has 0 radical (unpaired) electrons. The first-order valence-electron chi connectivity index (χ1n) is 36.1. The summed E-state index contributed by atoms with van der Waals surface area (Å²) in [5, 5.41) is 10.5. The van der Waals surface area contributed by atoms with Gasteiger partial charge in [-0.15, -0.1) is 0 Å². The Balaban J connectivity index is 5.10. The normalized spacial score (nSPS) is 14.1. The second-order valence-electron chi connectivity index (χ2n) is 25.4. The van der Waals surface area contributed by atoms with Crippen LogP contribution in [0.2, 0.25) is 0 Å². The molecule has 0 aromatic carbocycles. The molecule has 17 nitrogen and oxygen atoms in total. The molecule has 0 fully saturated rings. The predicted molar refractivity (Wildman–Crippen MR) is 354 cm³/mol. The van der Waals surface area contributed by atoms with Gasteiger partial charge in [0.1, 0.15) is 19.3 Å². The highest BCUT2D eigenvalue weighted by Gasteiger charge is 2.30. The molecule has 0 saturated heterocycles. The molecule has 19 heteroatoms. The van der Waals surface area contributed by atoms with Gasteiger partial charge in [0.15, 0.2) is 12.2 Å². The van der Waals surface area contributed by atoms with Crippen molar-refractivity contribution in [3.8, 4) is 0 Å². The smallest absolute Gasteiger partial charge is 0.462 e. The number of unbranched alkanes of at least 4 members (excludes halogenated alkanes) is 41. The molecule has 3 N–H and O–H groups in total. The van der Waals surface area contributed by atoms with E-state index in [4.69, 9.17) is 37.0 Å². The first-order valence-corrected chi connectivity index (χ1v) is 39.1. The van der Waals surface area contributed by atoms with E-state index in [-0.39, 0.29) is 25.7 Å². The highest BCUT2D eigenvalue weighted by atomic mass is 31.2. The summed E-state index contributed by atoms with van der Waals surface area (Å²) in [6.07, 6.45) is 49.2. The summed E-state index contributed by atoms with van der Waals surface area (Å²) in [5.41, 5.74) is 0. The van der Waals surface area contributed by atoms with Crippen LogP contribution in [0.1, 0.15) is 356 Å². The molecule has 0 amide bonds. The SMILES string of the molecule is CCCCCCCCCCCCCCCCCCCC(=O)OC[C@H](COP(=O)(O)OC[C@@H](O)COP(=O)(O)OC[C@@H](COC(=O)CCCCCCC)OC(=O)CCCCCCCCC)OC(=O)CCCCCCCCCCCCCCCCCCC(C)C. The van der Waals surface area contributed by atoms with E-state index in [1.54, 1.807) is 0 Å². The topological polar surface area (TPSA) is 237 Å². The van der Waals surface area contributed by atoms with Gasteiger partial charge in [-0.25, -0.2) is 9.13 Å². The van der Waals surface area contributed by atoms with Gasteiger partial charge < -0.3 is 33.8 Å². The summed E-state index contributed by atoms with van der Waals surface area (Å²) < 4.78 is 67.9. The summed E-state index contributed by atoms with van der Waals surface area (Å²) in [5.74, 6) is -1.33. The van der Waals surface area contributed by atoms with Gasteiger partial charge in [0, 0.05) is 25.7 Å². The van der Waals surface area contributed by atoms with E-state index in [9.17, 15) is 43.2 Å². The Morgan fingerprint density at radius 1 is 0.307 bits per heavy atom. The number of hydrogen-bond acceptors (Lipinski definition) is 15. The Morgan fingerprint density at radius 2 is 0.523 bits per heavy atom. The van der Waals surface area contributed by atoms with Crippen LogP contribution in [0.4, 0.5) is 0 Å². The maximum absolute atomic E-state index is 13.0. The number of ether oxygens (including phenoxy) is 4. The Kier molecular flexibility index (Phi) is 61.1. The third-order valence-electron chi connectivity index (χ3n) is 16.0. The van der Waals surface area contributed by atoms with Crippen LogP contribution in [0.3, 0.4) is 0 Å². The highest BCUT2D eigenvalue weighted by molar-refractivity contribution is 7.47. The number of carbonyl (C=O) groups excluding carboxylic acids is 4. The molecule has 0 saturated carbocycles. The lowest BCUT2D eigenvalue weighted by Crippen LogP contribution is -2.30. The molecule has 0 aromatic rings. The van der Waals surface area contributed by atoms with Gasteiger partial charge in [-0.2, -0.15) is 0 Å².